The van der Waals surface area contributed by atoms with Crippen LogP contribution in [0.3, 0.4) is 0 Å². The first kappa shape index (κ1) is 15.6. The van der Waals surface area contributed by atoms with E-state index >= 15 is 0 Å². The molecule has 0 aliphatic carbocycles. The Balaban J connectivity index is 2.06. The summed E-state index contributed by atoms with van der Waals surface area (Å²) < 4.78 is 5.89. The molecule has 1 atom stereocenters. The van der Waals surface area contributed by atoms with Crippen LogP contribution in [0.1, 0.15) is 50.3 Å². The van der Waals surface area contributed by atoms with E-state index < -0.39 is 0 Å². The first-order chi connectivity index (χ1) is 10.1. The second-order valence-electron chi connectivity index (χ2n) is 5.64. The lowest BCUT2D eigenvalue weighted by Crippen LogP contribution is -2.14. The van der Waals surface area contributed by atoms with Crippen LogP contribution < -0.4 is 10.1 Å². The number of hydrogen-bond donors (Lipinski definition) is 1. The summed E-state index contributed by atoms with van der Waals surface area (Å²) in [4.78, 5) is 0. The van der Waals surface area contributed by atoms with Gasteiger partial charge in [-0.3, -0.25) is 0 Å². The minimum atomic E-state index is 0.407. The van der Waals surface area contributed by atoms with Gasteiger partial charge in [-0.2, -0.15) is 0 Å². The topological polar surface area (TPSA) is 21.3 Å². The van der Waals surface area contributed by atoms with Crippen molar-refractivity contribution in [3.05, 3.63) is 59.7 Å². The molecule has 0 bridgehead atoms. The predicted octanol–water partition coefficient (Wildman–Crippen LogP) is 5.27. The fraction of sp³-hybridized carbons (Fsp3) is 0.368. The molecule has 1 unspecified atom stereocenters. The molecule has 112 valence electrons. The monoisotopic (exact) mass is 283 g/mol. The zero-order chi connectivity index (χ0) is 15.2. The third-order valence-corrected chi connectivity index (χ3v) is 3.82. The van der Waals surface area contributed by atoms with Crippen molar-refractivity contribution in [2.24, 2.45) is 0 Å². The van der Waals surface area contributed by atoms with Gasteiger partial charge in [0.2, 0.25) is 0 Å². The van der Waals surface area contributed by atoms with Crippen LogP contribution in [0.4, 0.5) is 0 Å². The van der Waals surface area contributed by atoms with Crippen molar-refractivity contribution < 1.29 is 4.74 Å². The highest BCUT2D eigenvalue weighted by Gasteiger charge is 2.06. The van der Waals surface area contributed by atoms with Gasteiger partial charge in [-0.15, -0.1) is 0 Å². The van der Waals surface area contributed by atoms with Gasteiger partial charge in [0.05, 0.1) is 0 Å². The quantitative estimate of drug-likeness (QED) is 0.779. The van der Waals surface area contributed by atoms with Crippen LogP contribution >= 0.6 is 0 Å². The molecule has 0 heterocycles. The van der Waals surface area contributed by atoms with Crippen LogP contribution in [0.25, 0.3) is 0 Å². The van der Waals surface area contributed by atoms with Crippen molar-refractivity contribution in [1.29, 1.82) is 0 Å². The van der Waals surface area contributed by atoms with Crippen LogP contribution in [-0.4, -0.2) is 7.05 Å². The second-order valence-corrected chi connectivity index (χ2v) is 5.64. The number of ether oxygens (including phenoxy) is 1. The third kappa shape index (κ3) is 4.08. The molecule has 0 aliphatic heterocycles. The predicted molar refractivity (Wildman–Crippen MR) is 89.1 cm³/mol. The summed E-state index contributed by atoms with van der Waals surface area (Å²) in [6, 6.07) is 17.1. The average molecular weight is 283 g/mol. The van der Waals surface area contributed by atoms with Crippen molar-refractivity contribution in [2.45, 2.75) is 39.2 Å². The minimum Gasteiger partial charge on any atom is -0.457 e. The number of rotatable bonds is 6. The van der Waals surface area contributed by atoms with Gasteiger partial charge in [0.15, 0.2) is 0 Å². The molecule has 2 aromatic carbocycles. The molecule has 0 fully saturated rings. The lowest BCUT2D eigenvalue weighted by molar-refractivity contribution is 0.481. The highest BCUT2D eigenvalue weighted by molar-refractivity contribution is 5.35. The van der Waals surface area contributed by atoms with E-state index in [1.165, 1.54) is 11.1 Å². The Morgan fingerprint density at radius 3 is 1.71 bits per heavy atom. The van der Waals surface area contributed by atoms with Crippen molar-refractivity contribution in [1.82, 2.24) is 5.32 Å². The SMILES string of the molecule is CCC(NC)c1ccc(Oc2ccc(C(C)C)cc2)cc1. The standard InChI is InChI=1S/C19H25NO/c1-5-19(20-4)16-8-12-18(13-9-16)21-17-10-6-15(7-11-17)14(2)3/h6-14,19-20H,5H2,1-4H3. The van der Waals surface area contributed by atoms with Gasteiger partial charge in [-0.25, -0.2) is 0 Å². The summed E-state index contributed by atoms with van der Waals surface area (Å²) >= 11 is 0. The van der Waals surface area contributed by atoms with Crippen LogP contribution in [0, 0.1) is 0 Å². The smallest absolute Gasteiger partial charge is 0.127 e. The van der Waals surface area contributed by atoms with Gasteiger partial charge >= 0.3 is 0 Å². The zero-order valence-electron chi connectivity index (χ0n) is 13.4. The second kappa shape index (κ2) is 7.28. The molecule has 0 amide bonds. The lowest BCUT2D eigenvalue weighted by atomic mass is 10.0. The maximum absolute atomic E-state index is 5.89. The Morgan fingerprint density at radius 1 is 0.857 bits per heavy atom. The first-order valence-electron chi connectivity index (χ1n) is 7.69. The maximum atomic E-state index is 5.89. The maximum Gasteiger partial charge on any atom is 0.127 e. The third-order valence-electron chi connectivity index (χ3n) is 3.82. The van der Waals surface area contributed by atoms with Crippen LogP contribution in [0.5, 0.6) is 11.5 Å². The molecule has 0 saturated heterocycles. The van der Waals surface area contributed by atoms with E-state index in [0.717, 1.165) is 17.9 Å². The van der Waals surface area contributed by atoms with Crippen LogP contribution in [0.2, 0.25) is 0 Å². The van der Waals surface area contributed by atoms with Crippen LogP contribution in [-0.2, 0) is 0 Å². The molecule has 2 heteroatoms. The van der Waals surface area contributed by atoms with E-state index in [0.29, 0.717) is 12.0 Å². The molecule has 0 aromatic heterocycles. The average Bonchev–Trinajstić information content (AvgIpc) is 2.51. The van der Waals surface area contributed by atoms with Crippen molar-refractivity contribution >= 4 is 0 Å². The van der Waals surface area contributed by atoms with Gasteiger partial charge in [0, 0.05) is 6.04 Å². The highest BCUT2D eigenvalue weighted by atomic mass is 16.5. The van der Waals surface area contributed by atoms with E-state index in [-0.39, 0.29) is 0 Å². The Morgan fingerprint density at radius 2 is 1.33 bits per heavy atom. The van der Waals surface area contributed by atoms with Gasteiger partial charge in [-0.05, 0) is 54.8 Å². The molecule has 0 saturated carbocycles. The summed E-state index contributed by atoms with van der Waals surface area (Å²) in [7, 11) is 1.99. The summed E-state index contributed by atoms with van der Waals surface area (Å²) in [6.45, 7) is 6.57. The number of benzene rings is 2. The lowest BCUT2D eigenvalue weighted by Gasteiger charge is -2.15. The molecule has 2 nitrogen and oxygen atoms in total. The van der Waals surface area contributed by atoms with Gasteiger partial charge < -0.3 is 10.1 Å². The number of nitrogens with one attached hydrogen (secondary N) is 1. The van der Waals surface area contributed by atoms with Gasteiger partial charge in [0.1, 0.15) is 11.5 Å². The zero-order valence-corrected chi connectivity index (χ0v) is 13.4. The van der Waals surface area contributed by atoms with Crippen molar-refractivity contribution in [3.8, 4) is 11.5 Å². The Bertz CT molecular complexity index is 539. The summed E-state index contributed by atoms with van der Waals surface area (Å²) in [5, 5.41) is 3.31. The molecule has 0 aliphatic rings. The minimum absolute atomic E-state index is 0.407. The fourth-order valence-corrected chi connectivity index (χ4v) is 2.43. The Labute approximate surface area is 128 Å². The molecular weight excluding hydrogens is 258 g/mol. The summed E-state index contributed by atoms with van der Waals surface area (Å²) in [6.07, 6.45) is 1.08. The molecular formula is C19H25NO. The largest absolute Gasteiger partial charge is 0.457 e. The Kier molecular flexibility index (Phi) is 5.40. The van der Waals surface area contributed by atoms with Crippen molar-refractivity contribution in [3.63, 3.8) is 0 Å². The van der Waals surface area contributed by atoms with Gasteiger partial charge in [-0.1, -0.05) is 45.0 Å². The molecule has 0 radical (unpaired) electrons. The van der Waals surface area contributed by atoms with E-state index in [2.05, 4.69) is 50.4 Å². The Hall–Kier alpha value is -1.80. The van der Waals surface area contributed by atoms with E-state index in [4.69, 9.17) is 4.74 Å². The normalized spacial score (nSPS) is 12.4. The van der Waals surface area contributed by atoms with E-state index in [1.54, 1.807) is 0 Å². The summed E-state index contributed by atoms with van der Waals surface area (Å²) in [5.74, 6) is 2.31. The fourth-order valence-electron chi connectivity index (χ4n) is 2.43. The van der Waals surface area contributed by atoms with E-state index in [1.807, 2.05) is 31.3 Å². The molecule has 0 spiro atoms. The van der Waals surface area contributed by atoms with E-state index in [9.17, 15) is 0 Å². The first-order valence-corrected chi connectivity index (χ1v) is 7.69. The van der Waals surface area contributed by atoms with Crippen LogP contribution in [0.15, 0.2) is 48.5 Å². The summed E-state index contributed by atoms with van der Waals surface area (Å²) in [5.41, 5.74) is 2.63. The molecule has 2 aromatic rings. The van der Waals surface area contributed by atoms with Crippen molar-refractivity contribution in [2.75, 3.05) is 7.05 Å². The molecule has 2 rings (SSSR count). The highest BCUT2D eigenvalue weighted by Crippen LogP contribution is 2.25. The molecule has 21 heavy (non-hydrogen) atoms. The molecule has 1 N–H and O–H groups in total. The van der Waals surface area contributed by atoms with Gasteiger partial charge in [0.25, 0.3) is 0 Å². The number of hydrogen-bond acceptors (Lipinski definition) is 2.